The monoisotopic (exact) mass is 394 g/mol. The molecule has 8 heteroatoms. The molecule has 1 aliphatic rings. The van der Waals surface area contributed by atoms with Crippen molar-refractivity contribution < 1.29 is 16.8 Å². The molecule has 2 aromatic rings. The molecule has 0 bridgehead atoms. The van der Waals surface area contributed by atoms with Crippen LogP contribution in [-0.2, 0) is 20.0 Å². The van der Waals surface area contributed by atoms with E-state index in [0.717, 1.165) is 31.2 Å². The van der Waals surface area contributed by atoms with Gasteiger partial charge in [0.25, 0.3) is 10.0 Å². The van der Waals surface area contributed by atoms with Crippen LogP contribution in [0.2, 0.25) is 0 Å². The summed E-state index contributed by atoms with van der Waals surface area (Å²) < 4.78 is 55.1. The van der Waals surface area contributed by atoms with Crippen LogP contribution < -0.4 is 9.44 Å². The fraction of sp³-hybridized carbons (Fsp3) is 0.333. The zero-order valence-electron chi connectivity index (χ0n) is 14.5. The van der Waals surface area contributed by atoms with Crippen molar-refractivity contribution in [2.45, 2.75) is 48.4 Å². The third kappa shape index (κ3) is 4.25. The van der Waals surface area contributed by atoms with Gasteiger partial charge in [-0.2, -0.15) is 0 Å². The van der Waals surface area contributed by atoms with E-state index in [-0.39, 0.29) is 15.8 Å². The quantitative estimate of drug-likeness (QED) is 0.788. The maximum atomic E-state index is 12.5. The van der Waals surface area contributed by atoms with Gasteiger partial charge in [0.05, 0.1) is 15.5 Å². The van der Waals surface area contributed by atoms with Crippen molar-refractivity contribution >= 4 is 25.7 Å². The molecule has 2 N–H and O–H groups in total. The lowest BCUT2D eigenvalue weighted by Crippen LogP contribution is -2.32. The molecule has 26 heavy (non-hydrogen) atoms. The van der Waals surface area contributed by atoms with Crippen LogP contribution in [0, 0.1) is 6.92 Å². The van der Waals surface area contributed by atoms with E-state index < -0.39 is 20.0 Å². The van der Waals surface area contributed by atoms with E-state index in [4.69, 9.17) is 0 Å². The van der Waals surface area contributed by atoms with Crippen molar-refractivity contribution in [1.29, 1.82) is 0 Å². The van der Waals surface area contributed by atoms with Gasteiger partial charge < -0.3 is 0 Å². The van der Waals surface area contributed by atoms with Crippen LogP contribution in [0.5, 0.6) is 0 Å². The number of para-hydroxylation sites is 1. The Labute approximate surface area is 154 Å². The number of anilines is 1. The number of rotatable bonds is 6. The Morgan fingerprint density at radius 3 is 1.92 bits per heavy atom. The summed E-state index contributed by atoms with van der Waals surface area (Å²) in [6.45, 7) is 1.81. The topological polar surface area (TPSA) is 92.3 Å². The Morgan fingerprint density at radius 2 is 1.35 bits per heavy atom. The Morgan fingerprint density at radius 1 is 0.808 bits per heavy atom. The summed E-state index contributed by atoms with van der Waals surface area (Å²) in [6, 6.07) is 12.3. The molecule has 3 rings (SSSR count). The van der Waals surface area contributed by atoms with Gasteiger partial charge in [-0.15, -0.1) is 0 Å². The van der Waals surface area contributed by atoms with E-state index in [1.165, 1.54) is 24.3 Å². The molecule has 0 amide bonds. The molecule has 0 heterocycles. The number of hydrogen-bond acceptors (Lipinski definition) is 4. The summed E-state index contributed by atoms with van der Waals surface area (Å²) >= 11 is 0. The first-order valence-electron chi connectivity index (χ1n) is 8.49. The van der Waals surface area contributed by atoms with Crippen LogP contribution in [0.3, 0.4) is 0 Å². The molecule has 1 saturated carbocycles. The zero-order chi connectivity index (χ0) is 18.8. The Hall–Kier alpha value is -1.90. The molecule has 0 saturated heterocycles. The smallest absolute Gasteiger partial charge is 0.261 e. The second-order valence-corrected chi connectivity index (χ2v) is 9.89. The van der Waals surface area contributed by atoms with Gasteiger partial charge in [0, 0.05) is 6.04 Å². The van der Waals surface area contributed by atoms with Gasteiger partial charge >= 0.3 is 0 Å². The molecule has 0 atom stereocenters. The maximum absolute atomic E-state index is 12.5. The highest BCUT2D eigenvalue weighted by Gasteiger charge is 2.23. The maximum Gasteiger partial charge on any atom is 0.261 e. The summed E-state index contributed by atoms with van der Waals surface area (Å²) in [5.41, 5.74) is 1.29. The molecule has 140 valence electrons. The van der Waals surface area contributed by atoms with Crippen molar-refractivity contribution in [3.8, 4) is 0 Å². The zero-order valence-corrected chi connectivity index (χ0v) is 16.1. The molecule has 2 aromatic carbocycles. The number of sulfonamides is 2. The number of aryl methyl sites for hydroxylation is 1. The van der Waals surface area contributed by atoms with E-state index in [1.807, 2.05) is 19.1 Å². The van der Waals surface area contributed by atoms with Crippen molar-refractivity contribution in [2.24, 2.45) is 0 Å². The van der Waals surface area contributed by atoms with Crippen molar-refractivity contribution in [1.82, 2.24) is 4.72 Å². The summed E-state index contributed by atoms with van der Waals surface area (Å²) in [5, 5.41) is 0. The summed E-state index contributed by atoms with van der Waals surface area (Å²) in [5.74, 6) is 0. The predicted octanol–water partition coefficient (Wildman–Crippen LogP) is 3.02. The minimum atomic E-state index is -3.79. The van der Waals surface area contributed by atoms with Gasteiger partial charge in [0.1, 0.15) is 0 Å². The largest absolute Gasteiger partial charge is 0.279 e. The van der Waals surface area contributed by atoms with Crippen LogP contribution in [0.4, 0.5) is 5.69 Å². The van der Waals surface area contributed by atoms with Crippen LogP contribution in [0.1, 0.15) is 31.2 Å². The highest BCUT2D eigenvalue weighted by atomic mass is 32.2. The normalized spacial score (nSPS) is 15.9. The first kappa shape index (κ1) is 18.9. The van der Waals surface area contributed by atoms with Crippen molar-refractivity contribution in [3.63, 3.8) is 0 Å². The molecule has 0 radical (unpaired) electrons. The fourth-order valence-corrected chi connectivity index (χ4v) is 5.46. The van der Waals surface area contributed by atoms with E-state index in [2.05, 4.69) is 9.44 Å². The number of hydrogen-bond donors (Lipinski definition) is 2. The lowest BCUT2D eigenvalue weighted by Gasteiger charge is -2.13. The summed E-state index contributed by atoms with van der Waals surface area (Å²) in [7, 11) is -7.42. The first-order valence-corrected chi connectivity index (χ1v) is 11.5. The molecule has 0 spiro atoms. The lowest BCUT2D eigenvalue weighted by atomic mass is 10.2. The van der Waals surface area contributed by atoms with Gasteiger partial charge in [0.15, 0.2) is 0 Å². The van der Waals surface area contributed by atoms with Gasteiger partial charge in [-0.05, 0) is 55.7 Å². The Kier molecular flexibility index (Phi) is 5.36. The van der Waals surface area contributed by atoms with Crippen LogP contribution >= 0.6 is 0 Å². The van der Waals surface area contributed by atoms with Gasteiger partial charge in [-0.3, -0.25) is 4.72 Å². The van der Waals surface area contributed by atoms with Crippen molar-refractivity contribution in [3.05, 3.63) is 54.1 Å². The van der Waals surface area contributed by atoms with E-state index in [0.29, 0.717) is 5.69 Å². The highest BCUT2D eigenvalue weighted by Crippen LogP contribution is 2.23. The average Bonchev–Trinajstić information content (AvgIpc) is 3.09. The minimum absolute atomic E-state index is 0.0144. The molecular weight excluding hydrogens is 372 g/mol. The van der Waals surface area contributed by atoms with Gasteiger partial charge in [-0.25, -0.2) is 21.6 Å². The molecule has 0 aromatic heterocycles. The molecule has 1 aliphatic carbocycles. The van der Waals surface area contributed by atoms with Crippen LogP contribution in [0.25, 0.3) is 0 Å². The third-order valence-corrected chi connectivity index (χ3v) is 7.43. The van der Waals surface area contributed by atoms with E-state index >= 15 is 0 Å². The lowest BCUT2D eigenvalue weighted by molar-refractivity contribution is 0.552. The second-order valence-electron chi connectivity index (χ2n) is 6.49. The predicted molar refractivity (Wildman–Crippen MR) is 101 cm³/mol. The summed E-state index contributed by atoms with van der Waals surface area (Å²) in [4.78, 5) is 0.0832. The molecule has 0 unspecified atom stereocenters. The minimum Gasteiger partial charge on any atom is -0.279 e. The third-order valence-electron chi connectivity index (χ3n) is 4.51. The van der Waals surface area contributed by atoms with E-state index in [9.17, 15) is 16.8 Å². The standard InChI is InChI=1S/C18H22N2O4S2/c1-14-6-2-5-9-18(14)20-26(23,24)17-12-10-16(11-13-17)25(21,22)19-15-7-3-4-8-15/h2,5-6,9-13,15,19-20H,3-4,7-8H2,1H3. The summed E-state index contributed by atoms with van der Waals surface area (Å²) in [6.07, 6.45) is 3.72. The Bertz CT molecular complexity index is 978. The highest BCUT2D eigenvalue weighted by molar-refractivity contribution is 7.92. The number of benzene rings is 2. The van der Waals surface area contributed by atoms with Crippen LogP contribution in [-0.4, -0.2) is 22.9 Å². The van der Waals surface area contributed by atoms with Gasteiger partial charge in [-0.1, -0.05) is 31.0 Å². The first-order chi connectivity index (χ1) is 12.3. The number of nitrogens with one attached hydrogen (secondary N) is 2. The average molecular weight is 395 g/mol. The molecule has 6 nitrogen and oxygen atoms in total. The Balaban J connectivity index is 1.79. The molecule has 0 aliphatic heterocycles. The second kappa shape index (κ2) is 7.38. The molecular formula is C18H22N2O4S2. The van der Waals surface area contributed by atoms with Crippen molar-refractivity contribution in [2.75, 3.05) is 4.72 Å². The van der Waals surface area contributed by atoms with Crippen LogP contribution in [0.15, 0.2) is 58.3 Å². The SMILES string of the molecule is Cc1ccccc1NS(=O)(=O)c1ccc(S(=O)(=O)NC2CCCC2)cc1. The van der Waals surface area contributed by atoms with E-state index in [1.54, 1.807) is 12.1 Å². The van der Waals surface area contributed by atoms with Gasteiger partial charge in [0.2, 0.25) is 10.0 Å². The fourth-order valence-electron chi connectivity index (χ4n) is 3.02. The molecule has 1 fully saturated rings.